The third-order valence-electron chi connectivity index (χ3n) is 2.78. The number of rotatable bonds is 5. The van der Waals surface area contributed by atoms with Crippen LogP contribution in [0.5, 0.6) is 0 Å². The summed E-state index contributed by atoms with van der Waals surface area (Å²) in [5.41, 5.74) is 2.39. The van der Waals surface area contributed by atoms with Crippen LogP contribution in [0.3, 0.4) is 0 Å². The molecule has 17 heavy (non-hydrogen) atoms. The van der Waals surface area contributed by atoms with E-state index in [1.807, 2.05) is 36.4 Å². The Morgan fingerprint density at radius 3 is 1.76 bits per heavy atom. The van der Waals surface area contributed by atoms with Crippen molar-refractivity contribution in [1.82, 2.24) is 5.32 Å². The third-order valence-corrected chi connectivity index (χ3v) is 2.78. The molecule has 0 spiro atoms. The molecule has 1 amide bonds. The van der Waals surface area contributed by atoms with Crippen LogP contribution in [-0.2, 0) is 4.79 Å². The van der Waals surface area contributed by atoms with Gasteiger partial charge >= 0.3 is 6.41 Å². The number of hydrogen-bond acceptors (Lipinski definition) is 1. The van der Waals surface area contributed by atoms with E-state index in [0.29, 0.717) is 6.54 Å². The highest BCUT2D eigenvalue weighted by Crippen LogP contribution is 2.23. The Morgan fingerprint density at radius 2 is 1.35 bits per heavy atom. The molecule has 0 aliphatic heterocycles. The highest BCUT2D eigenvalue weighted by atomic mass is 16.1. The number of nitrogens with one attached hydrogen (secondary N) is 1. The molecule has 1 radical (unpaired) electrons. The molecule has 2 nitrogen and oxygen atoms in total. The van der Waals surface area contributed by atoms with Crippen LogP contribution in [0.4, 0.5) is 0 Å². The molecule has 2 aromatic carbocycles. The minimum Gasteiger partial charge on any atom is -0.347 e. The Balaban J connectivity index is 2.29. The molecule has 2 aromatic rings. The minimum atomic E-state index is 0.179. The van der Waals surface area contributed by atoms with E-state index in [1.165, 1.54) is 11.1 Å². The fourth-order valence-electron chi connectivity index (χ4n) is 1.94. The van der Waals surface area contributed by atoms with Gasteiger partial charge in [-0.1, -0.05) is 60.7 Å². The van der Waals surface area contributed by atoms with Gasteiger partial charge in [-0.25, -0.2) is 0 Å². The first-order chi connectivity index (χ1) is 8.42. The zero-order valence-corrected chi connectivity index (χ0v) is 9.47. The van der Waals surface area contributed by atoms with E-state index >= 15 is 0 Å². The summed E-state index contributed by atoms with van der Waals surface area (Å²) in [7, 11) is 0. The minimum absolute atomic E-state index is 0.179. The van der Waals surface area contributed by atoms with Gasteiger partial charge in [0.25, 0.3) is 0 Å². The maximum absolute atomic E-state index is 10.3. The Bertz CT molecular complexity index is 413. The van der Waals surface area contributed by atoms with E-state index in [-0.39, 0.29) is 5.92 Å². The monoisotopic (exact) mass is 224 g/mol. The molecular formula is C15H14NO. The summed E-state index contributed by atoms with van der Waals surface area (Å²) in [5, 5.41) is 2.64. The van der Waals surface area contributed by atoms with Crippen molar-refractivity contribution < 1.29 is 4.79 Å². The third kappa shape index (κ3) is 2.94. The van der Waals surface area contributed by atoms with E-state index < -0.39 is 0 Å². The number of carbonyl (C=O) groups excluding carboxylic acids is 1. The number of benzene rings is 2. The summed E-state index contributed by atoms with van der Waals surface area (Å²) in [6.45, 7) is 0.567. The lowest BCUT2D eigenvalue weighted by Crippen LogP contribution is -2.20. The van der Waals surface area contributed by atoms with Gasteiger partial charge in [-0.3, -0.25) is 4.79 Å². The van der Waals surface area contributed by atoms with Crippen molar-refractivity contribution in [1.29, 1.82) is 0 Å². The van der Waals surface area contributed by atoms with Gasteiger partial charge < -0.3 is 5.32 Å². The fourth-order valence-corrected chi connectivity index (χ4v) is 1.94. The van der Waals surface area contributed by atoms with Crippen molar-refractivity contribution >= 4 is 6.41 Å². The number of hydrogen-bond donors (Lipinski definition) is 1. The normalized spacial score (nSPS) is 10.2. The van der Waals surface area contributed by atoms with Gasteiger partial charge in [0.2, 0.25) is 0 Å². The predicted molar refractivity (Wildman–Crippen MR) is 68.4 cm³/mol. The van der Waals surface area contributed by atoms with E-state index in [9.17, 15) is 4.79 Å². The van der Waals surface area contributed by atoms with Crippen LogP contribution in [0.1, 0.15) is 17.0 Å². The van der Waals surface area contributed by atoms with Gasteiger partial charge in [-0.05, 0) is 11.1 Å². The summed E-state index contributed by atoms with van der Waals surface area (Å²) in [5.74, 6) is 0.179. The lowest BCUT2D eigenvalue weighted by molar-refractivity contribution is 0.539. The van der Waals surface area contributed by atoms with Crippen molar-refractivity contribution in [3.63, 3.8) is 0 Å². The average Bonchev–Trinajstić information content (AvgIpc) is 2.42. The second-order valence-corrected chi connectivity index (χ2v) is 3.86. The van der Waals surface area contributed by atoms with Gasteiger partial charge in [-0.15, -0.1) is 0 Å². The maximum atomic E-state index is 10.3. The van der Waals surface area contributed by atoms with E-state index in [4.69, 9.17) is 0 Å². The van der Waals surface area contributed by atoms with Gasteiger partial charge in [0, 0.05) is 12.5 Å². The maximum Gasteiger partial charge on any atom is 0.309 e. The van der Waals surface area contributed by atoms with E-state index in [0.717, 1.165) is 0 Å². The molecule has 0 saturated carbocycles. The van der Waals surface area contributed by atoms with Crippen LogP contribution in [-0.4, -0.2) is 13.0 Å². The summed E-state index contributed by atoms with van der Waals surface area (Å²) >= 11 is 0. The standard InChI is InChI=1S/C15H14NO/c17-12-16-11-15(13-7-3-1-4-8-13)14-9-5-2-6-10-14/h1-10,15H,11H2,(H,16,17). The number of amides is 1. The van der Waals surface area contributed by atoms with Gasteiger partial charge in [0.15, 0.2) is 0 Å². The smallest absolute Gasteiger partial charge is 0.309 e. The summed E-state index contributed by atoms with van der Waals surface area (Å²) < 4.78 is 0. The topological polar surface area (TPSA) is 29.1 Å². The Hall–Kier alpha value is -2.09. The molecule has 0 aromatic heterocycles. The van der Waals surface area contributed by atoms with E-state index in [1.54, 1.807) is 6.41 Å². The zero-order chi connectivity index (χ0) is 11.9. The van der Waals surface area contributed by atoms with Crippen LogP contribution < -0.4 is 5.32 Å². The molecule has 0 heterocycles. The van der Waals surface area contributed by atoms with Crippen molar-refractivity contribution in [2.45, 2.75) is 5.92 Å². The zero-order valence-electron chi connectivity index (χ0n) is 9.47. The van der Waals surface area contributed by atoms with Crippen LogP contribution in [0.25, 0.3) is 0 Å². The Morgan fingerprint density at radius 1 is 0.882 bits per heavy atom. The summed E-state index contributed by atoms with van der Waals surface area (Å²) in [6.07, 6.45) is 1.74. The summed E-state index contributed by atoms with van der Waals surface area (Å²) in [4.78, 5) is 10.3. The second kappa shape index (κ2) is 5.85. The van der Waals surface area contributed by atoms with Crippen molar-refractivity contribution in [3.05, 3.63) is 71.8 Å². The van der Waals surface area contributed by atoms with Crippen LogP contribution in [0.15, 0.2) is 60.7 Å². The molecular weight excluding hydrogens is 210 g/mol. The predicted octanol–water partition coefficient (Wildman–Crippen LogP) is 2.48. The van der Waals surface area contributed by atoms with E-state index in [2.05, 4.69) is 29.6 Å². The highest BCUT2D eigenvalue weighted by Gasteiger charge is 2.12. The molecule has 2 rings (SSSR count). The molecule has 0 saturated heterocycles. The Labute approximate surface area is 101 Å². The van der Waals surface area contributed by atoms with Crippen molar-refractivity contribution in [2.75, 3.05) is 6.54 Å². The lowest BCUT2D eigenvalue weighted by Gasteiger charge is -2.17. The van der Waals surface area contributed by atoms with Gasteiger partial charge in [0.05, 0.1) is 0 Å². The molecule has 1 N–H and O–H groups in total. The molecule has 0 fully saturated rings. The molecule has 2 heteroatoms. The van der Waals surface area contributed by atoms with Crippen LogP contribution >= 0.6 is 0 Å². The fraction of sp³-hybridized carbons (Fsp3) is 0.133. The molecule has 0 aliphatic rings. The van der Waals surface area contributed by atoms with Crippen LogP contribution in [0.2, 0.25) is 0 Å². The van der Waals surface area contributed by atoms with Gasteiger partial charge in [0.1, 0.15) is 0 Å². The molecule has 85 valence electrons. The molecule has 0 aliphatic carbocycles. The lowest BCUT2D eigenvalue weighted by atomic mass is 9.91. The molecule has 0 unspecified atom stereocenters. The first-order valence-corrected chi connectivity index (χ1v) is 5.61. The summed E-state index contributed by atoms with van der Waals surface area (Å²) in [6, 6.07) is 20.3. The first kappa shape index (κ1) is 11.4. The first-order valence-electron chi connectivity index (χ1n) is 5.61. The van der Waals surface area contributed by atoms with Crippen molar-refractivity contribution in [3.8, 4) is 0 Å². The van der Waals surface area contributed by atoms with Crippen molar-refractivity contribution in [2.24, 2.45) is 0 Å². The SMILES string of the molecule is O=[C]NCC(c1ccccc1)c1ccccc1. The van der Waals surface area contributed by atoms with Crippen LogP contribution in [0, 0.1) is 0 Å². The largest absolute Gasteiger partial charge is 0.347 e. The Kier molecular flexibility index (Phi) is 3.92. The highest BCUT2D eigenvalue weighted by molar-refractivity contribution is 5.48. The second-order valence-electron chi connectivity index (χ2n) is 3.86. The van der Waals surface area contributed by atoms with Gasteiger partial charge in [-0.2, -0.15) is 0 Å². The average molecular weight is 224 g/mol. The molecule has 0 bridgehead atoms. The quantitative estimate of drug-likeness (QED) is 0.777. The molecule has 0 atom stereocenters.